The molecule has 0 atom stereocenters. The van der Waals surface area contributed by atoms with Crippen molar-refractivity contribution in [1.29, 1.82) is 0 Å². The number of nitro benzene ring substituents is 1. The van der Waals surface area contributed by atoms with Crippen molar-refractivity contribution in [2.45, 2.75) is 48.8 Å². The summed E-state index contributed by atoms with van der Waals surface area (Å²) in [6.45, 7) is 2.75. The molecule has 0 heterocycles. The lowest BCUT2D eigenvalue weighted by Gasteiger charge is -2.08. The first kappa shape index (κ1) is 21.4. The van der Waals surface area contributed by atoms with E-state index in [4.69, 9.17) is 0 Å². The van der Waals surface area contributed by atoms with Crippen molar-refractivity contribution in [2.24, 2.45) is 0 Å². The van der Waals surface area contributed by atoms with Gasteiger partial charge in [0.05, 0.1) is 9.82 Å². The fourth-order valence-corrected chi connectivity index (χ4v) is 3.71. The van der Waals surface area contributed by atoms with Gasteiger partial charge in [0.15, 0.2) is 0 Å². The van der Waals surface area contributed by atoms with Gasteiger partial charge in [0.25, 0.3) is 11.6 Å². The highest BCUT2D eigenvalue weighted by atomic mass is 79.9. The second kappa shape index (κ2) is 11.1. The zero-order valence-electron chi connectivity index (χ0n) is 15.2. The molecule has 144 valence electrons. The van der Waals surface area contributed by atoms with Crippen molar-refractivity contribution < 1.29 is 9.72 Å². The predicted octanol–water partition coefficient (Wildman–Crippen LogP) is 6.21. The molecule has 0 aliphatic carbocycles. The minimum atomic E-state index is -0.442. The highest BCUT2D eigenvalue weighted by Gasteiger charge is 2.18. The zero-order chi connectivity index (χ0) is 19.6. The number of nitrogens with zero attached hydrogens (tertiary/aromatic N) is 1. The van der Waals surface area contributed by atoms with Gasteiger partial charge >= 0.3 is 0 Å². The Labute approximate surface area is 172 Å². The van der Waals surface area contributed by atoms with Crippen molar-refractivity contribution in [1.82, 2.24) is 5.32 Å². The molecule has 0 saturated heterocycles. The number of hydrogen-bond donors (Lipinski definition) is 1. The Kier molecular flexibility index (Phi) is 8.81. The fourth-order valence-electron chi connectivity index (χ4n) is 2.55. The first-order valence-electron chi connectivity index (χ1n) is 9.01. The summed E-state index contributed by atoms with van der Waals surface area (Å²) in [5, 5.41) is 14.3. The van der Waals surface area contributed by atoms with Crippen LogP contribution >= 0.6 is 27.7 Å². The van der Waals surface area contributed by atoms with Crippen LogP contribution in [-0.4, -0.2) is 17.4 Å². The van der Waals surface area contributed by atoms with Crippen molar-refractivity contribution in [3.05, 3.63) is 62.6 Å². The molecule has 0 aliphatic rings. The van der Waals surface area contributed by atoms with E-state index in [-0.39, 0.29) is 11.6 Å². The van der Waals surface area contributed by atoms with Crippen LogP contribution in [0.1, 0.15) is 49.4 Å². The number of carbonyl (C=O) groups excluding carboxylic acids is 1. The monoisotopic (exact) mass is 450 g/mol. The van der Waals surface area contributed by atoms with Crippen LogP contribution in [0, 0.1) is 10.1 Å². The third kappa shape index (κ3) is 6.99. The average Bonchev–Trinajstić information content (AvgIpc) is 2.66. The zero-order valence-corrected chi connectivity index (χ0v) is 17.6. The van der Waals surface area contributed by atoms with Gasteiger partial charge in [-0.1, -0.05) is 60.3 Å². The lowest BCUT2D eigenvalue weighted by molar-refractivity contribution is -0.387. The molecule has 0 bridgehead atoms. The van der Waals surface area contributed by atoms with Crippen LogP contribution in [-0.2, 0) is 0 Å². The SMILES string of the molecule is CCCCCCCNC(=O)c1ccc(Sc2ccc(Br)cc2)c([N+](=O)[O-])c1. The van der Waals surface area contributed by atoms with E-state index in [2.05, 4.69) is 28.2 Å². The van der Waals surface area contributed by atoms with E-state index in [0.717, 1.165) is 22.2 Å². The van der Waals surface area contributed by atoms with Crippen molar-refractivity contribution in [2.75, 3.05) is 6.54 Å². The Morgan fingerprint density at radius 3 is 2.48 bits per heavy atom. The Morgan fingerprint density at radius 1 is 1.11 bits per heavy atom. The van der Waals surface area contributed by atoms with Crippen LogP contribution in [0.5, 0.6) is 0 Å². The maximum absolute atomic E-state index is 12.3. The van der Waals surface area contributed by atoms with Gasteiger partial charge in [-0.25, -0.2) is 0 Å². The van der Waals surface area contributed by atoms with Crippen LogP contribution in [0.4, 0.5) is 5.69 Å². The Hall–Kier alpha value is -1.86. The normalized spacial score (nSPS) is 10.6. The number of halogens is 1. The maximum atomic E-state index is 12.3. The standard InChI is InChI=1S/C20H23BrN2O3S/c1-2-3-4-5-6-13-22-20(24)15-7-12-19(18(14-15)23(25)26)27-17-10-8-16(21)9-11-17/h7-12,14H,2-6,13H2,1H3,(H,22,24). The summed E-state index contributed by atoms with van der Waals surface area (Å²) in [6, 6.07) is 12.2. The summed E-state index contributed by atoms with van der Waals surface area (Å²) in [7, 11) is 0. The highest BCUT2D eigenvalue weighted by Crippen LogP contribution is 2.35. The van der Waals surface area contributed by atoms with Gasteiger partial charge in [-0.3, -0.25) is 14.9 Å². The summed E-state index contributed by atoms with van der Waals surface area (Å²) >= 11 is 4.68. The molecule has 1 N–H and O–H groups in total. The molecule has 0 fully saturated rings. The Morgan fingerprint density at radius 2 is 1.81 bits per heavy atom. The smallest absolute Gasteiger partial charge is 0.284 e. The highest BCUT2D eigenvalue weighted by molar-refractivity contribution is 9.10. The summed E-state index contributed by atoms with van der Waals surface area (Å²) in [6.07, 6.45) is 5.56. The van der Waals surface area contributed by atoms with E-state index in [1.165, 1.54) is 37.1 Å². The third-order valence-corrected chi connectivity index (χ3v) is 5.63. The topological polar surface area (TPSA) is 72.2 Å². The summed E-state index contributed by atoms with van der Waals surface area (Å²) in [5.74, 6) is -0.270. The minimum absolute atomic E-state index is 0.0569. The maximum Gasteiger partial charge on any atom is 0.284 e. The molecule has 0 saturated carbocycles. The second-order valence-corrected chi connectivity index (χ2v) is 8.20. The van der Waals surface area contributed by atoms with Crippen LogP contribution in [0.3, 0.4) is 0 Å². The first-order chi connectivity index (χ1) is 13.0. The molecular weight excluding hydrogens is 428 g/mol. The first-order valence-corrected chi connectivity index (χ1v) is 10.6. The average molecular weight is 451 g/mol. The molecule has 0 spiro atoms. The molecule has 5 nitrogen and oxygen atoms in total. The van der Waals surface area contributed by atoms with Crippen molar-refractivity contribution in [3.63, 3.8) is 0 Å². The van der Waals surface area contributed by atoms with Gasteiger partial charge in [-0.2, -0.15) is 0 Å². The Balaban J connectivity index is 2.02. The van der Waals surface area contributed by atoms with Gasteiger partial charge in [0.1, 0.15) is 0 Å². The Bertz CT molecular complexity index is 781. The lowest BCUT2D eigenvalue weighted by atomic mass is 10.1. The molecule has 2 aromatic carbocycles. The molecule has 0 unspecified atom stereocenters. The number of nitrogens with one attached hydrogen (secondary N) is 1. The molecule has 0 radical (unpaired) electrons. The summed E-state index contributed by atoms with van der Waals surface area (Å²) in [4.78, 5) is 24.7. The number of unbranched alkanes of at least 4 members (excludes halogenated alkanes) is 4. The van der Waals surface area contributed by atoms with Crippen molar-refractivity contribution >= 4 is 39.3 Å². The van der Waals surface area contributed by atoms with E-state index in [1.807, 2.05) is 24.3 Å². The molecule has 7 heteroatoms. The van der Waals surface area contributed by atoms with Crippen LogP contribution in [0.25, 0.3) is 0 Å². The lowest BCUT2D eigenvalue weighted by Crippen LogP contribution is -2.24. The molecule has 1 amide bonds. The fraction of sp³-hybridized carbons (Fsp3) is 0.350. The van der Waals surface area contributed by atoms with E-state index in [9.17, 15) is 14.9 Å². The van der Waals surface area contributed by atoms with Crippen LogP contribution < -0.4 is 5.32 Å². The van der Waals surface area contributed by atoms with Gasteiger partial charge in [-0.05, 0) is 42.8 Å². The quantitative estimate of drug-likeness (QED) is 0.265. The van der Waals surface area contributed by atoms with Crippen LogP contribution in [0.15, 0.2) is 56.7 Å². The second-order valence-electron chi connectivity index (χ2n) is 6.17. The number of benzene rings is 2. The number of carbonyl (C=O) groups is 1. The van der Waals surface area contributed by atoms with Gasteiger partial charge < -0.3 is 5.32 Å². The number of rotatable bonds is 10. The van der Waals surface area contributed by atoms with Gasteiger partial charge in [0, 0.05) is 27.5 Å². The van der Waals surface area contributed by atoms with E-state index in [1.54, 1.807) is 12.1 Å². The third-order valence-electron chi connectivity index (χ3n) is 4.03. The van der Waals surface area contributed by atoms with Crippen LogP contribution in [0.2, 0.25) is 0 Å². The van der Waals surface area contributed by atoms with Gasteiger partial charge in [-0.15, -0.1) is 0 Å². The molecule has 0 aromatic heterocycles. The minimum Gasteiger partial charge on any atom is -0.352 e. The number of nitro groups is 1. The number of amides is 1. The molecule has 2 aromatic rings. The molecule has 27 heavy (non-hydrogen) atoms. The summed E-state index contributed by atoms with van der Waals surface area (Å²) in [5.41, 5.74) is 0.258. The molecular formula is C20H23BrN2O3S. The summed E-state index contributed by atoms with van der Waals surface area (Å²) < 4.78 is 0.947. The predicted molar refractivity (Wildman–Crippen MR) is 112 cm³/mol. The van der Waals surface area contributed by atoms with E-state index >= 15 is 0 Å². The van der Waals surface area contributed by atoms with Gasteiger partial charge in [0.2, 0.25) is 0 Å². The van der Waals surface area contributed by atoms with Crippen molar-refractivity contribution in [3.8, 4) is 0 Å². The van der Waals surface area contributed by atoms with E-state index in [0.29, 0.717) is 17.0 Å². The molecule has 0 aliphatic heterocycles. The largest absolute Gasteiger partial charge is 0.352 e. The molecule has 2 rings (SSSR count). The number of hydrogen-bond acceptors (Lipinski definition) is 4. The van der Waals surface area contributed by atoms with E-state index < -0.39 is 4.92 Å².